The molecule has 0 amide bonds. The van der Waals surface area contributed by atoms with E-state index in [-0.39, 0.29) is 0 Å². The van der Waals surface area contributed by atoms with Crippen LogP contribution in [0.5, 0.6) is 0 Å². The molecule has 3 N–H and O–H groups in total. The summed E-state index contributed by atoms with van der Waals surface area (Å²) in [5, 5.41) is 0. The Morgan fingerprint density at radius 3 is 2.50 bits per heavy atom. The number of quaternary nitrogens is 1. The molecule has 2 nitrogen and oxygen atoms in total. The lowest BCUT2D eigenvalue weighted by molar-refractivity contribution is -0.375. The van der Waals surface area contributed by atoms with Gasteiger partial charge in [-0.25, -0.2) is 0 Å². The summed E-state index contributed by atoms with van der Waals surface area (Å²) >= 11 is 0. The molecule has 0 aliphatic heterocycles. The minimum absolute atomic E-state index is 0.565. The normalized spacial score (nSPS) is 21.3. The van der Waals surface area contributed by atoms with E-state index in [2.05, 4.69) is 5.73 Å². The highest BCUT2D eigenvalue weighted by Crippen LogP contribution is 2.19. The maximum atomic E-state index is 5.57. The third-order valence-electron chi connectivity index (χ3n) is 2.05. The highest BCUT2D eigenvalue weighted by Gasteiger charge is 2.12. The van der Waals surface area contributed by atoms with Gasteiger partial charge in [-0.1, -0.05) is 19.3 Å². The van der Waals surface area contributed by atoms with Crippen molar-refractivity contribution >= 4 is 0 Å². The van der Waals surface area contributed by atoms with Crippen LogP contribution in [0.25, 0.3) is 0 Å². The average molecular weight is 144 g/mol. The van der Waals surface area contributed by atoms with Crippen LogP contribution in [0.4, 0.5) is 0 Å². The quantitative estimate of drug-likeness (QED) is 0.618. The van der Waals surface area contributed by atoms with Crippen molar-refractivity contribution in [3.8, 4) is 0 Å². The smallest absolute Gasteiger partial charge is 0.0977 e. The van der Waals surface area contributed by atoms with Crippen molar-refractivity contribution in [2.45, 2.75) is 38.2 Å². The van der Waals surface area contributed by atoms with E-state index in [1.165, 1.54) is 32.1 Å². The molecule has 1 aliphatic rings. The van der Waals surface area contributed by atoms with Gasteiger partial charge < -0.3 is 10.5 Å². The molecule has 0 aromatic heterocycles. The van der Waals surface area contributed by atoms with Crippen LogP contribution in [0.2, 0.25) is 0 Å². The van der Waals surface area contributed by atoms with Crippen molar-refractivity contribution in [2.24, 2.45) is 0 Å². The third kappa shape index (κ3) is 2.67. The fourth-order valence-electron chi connectivity index (χ4n) is 1.48. The molecule has 0 unspecified atom stereocenters. The van der Waals surface area contributed by atoms with Gasteiger partial charge in [0.1, 0.15) is 0 Å². The molecule has 0 bridgehead atoms. The maximum Gasteiger partial charge on any atom is 0.0977 e. The molecular weight excluding hydrogens is 126 g/mol. The average Bonchev–Trinajstić information content (AvgIpc) is 2.03. The zero-order chi connectivity index (χ0) is 7.23. The Bertz CT molecular complexity index is 79.3. The summed E-state index contributed by atoms with van der Waals surface area (Å²) in [6.45, 7) is 1.77. The van der Waals surface area contributed by atoms with Crippen molar-refractivity contribution in [2.75, 3.05) is 13.2 Å². The maximum absolute atomic E-state index is 5.57. The standard InChI is InChI=1S/C8H17NO/c9-6-7-10-8-4-2-1-3-5-8/h8H,1-7,9H2/p+1. The SMILES string of the molecule is [NH3+]CCOC1CCCCC1. The number of ether oxygens (including phenoxy) is 1. The van der Waals surface area contributed by atoms with Crippen molar-refractivity contribution in [3.63, 3.8) is 0 Å². The van der Waals surface area contributed by atoms with Crippen LogP contribution in [0.1, 0.15) is 32.1 Å². The molecule has 1 fully saturated rings. The van der Waals surface area contributed by atoms with Gasteiger partial charge in [0.05, 0.1) is 19.3 Å². The van der Waals surface area contributed by atoms with E-state index in [1.54, 1.807) is 0 Å². The Hall–Kier alpha value is -0.0800. The van der Waals surface area contributed by atoms with Gasteiger partial charge in [0.15, 0.2) is 0 Å². The highest BCUT2D eigenvalue weighted by atomic mass is 16.5. The third-order valence-corrected chi connectivity index (χ3v) is 2.05. The van der Waals surface area contributed by atoms with Gasteiger partial charge in [-0.2, -0.15) is 0 Å². The van der Waals surface area contributed by atoms with Gasteiger partial charge >= 0.3 is 0 Å². The van der Waals surface area contributed by atoms with E-state index in [0.717, 1.165) is 13.2 Å². The highest BCUT2D eigenvalue weighted by molar-refractivity contribution is 4.64. The first-order valence-corrected chi connectivity index (χ1v) is 4.34. The second-order valence-corrected chi connectivity index (χ2v) is 2.98. The lowest BCUT2D eigenvalue weighted by Gasteiger charge is -2.20. The molecule has 0 spiro atoms. The fourth-order valence-corrected chi connectivity index (χ4v) is 1.48. The molecule has 2 heteroatoms. The molecule has 0 radical (unpaired) electrons. The lowest BCUT2D eigenvalue weighted by Crippen LogP contribution is -2.52. The largest absolute Gasteiger partial charge is 0.372 e. The molecule has 1 rings (SSSR count). The first-order valence-electron chi connectivity index (χ1n) is 4.34. The fraction of sp³-hybridized carbons (Fsp3) is 1.00. The Morgan fingerprint density at radius 1 is 1.20 bits per heavy atom. The molecule has 60 valence electrons. The van der Waals surface area contributed by atoms with Crippen LogP contribution in [-0.4, -0.2) is 19.3 Å². The van der Waals surface area contributed by atoms with Crippen molar-refractivity contribution in [1.29, 1.82) is 0 Å². The van der Waals surface area contributed by atoms with Gasteiger partial charge in [0.2, 0.25) is 0 Å². The van der Waals surface area contributed by atoms with Crippen molar-refractivity contribution in [1.82, 2.24) is 0 Å². The summed E-state index contributed by atoms with van der Waals surface area (Å²) in [7, 11) is 0. The molecule has 0 heterocycles. The first kappa shape index (κ1) is 8.02. The predicted octanol–water partition coefficient (Wildman–Crippen LogP) is 0.578. The summed E-state index contributed by atoms with van der Waals surface area (Å²) in [5.74, 6) is 0. The van der Waals surface area contributed by atoms with Crippen LogP contribution < -0.4 is 5.73 Å². The van der Waals surface area contributed by atoms with Gasteiger partial charge in [-0.3, -0.25) is 0 Å². The topological polar surface area (TPSA) is 36.9 Å². The Morgan fingerprint density at radius 2 is 1.90 bits per heavy atom. The van der Waals surface area contributed by atoms with Gasteiger partial charge in [0, 0.05) is 0 Å². The van der Waals surface area contributed by atoms with Crippen molar-refractivity contribution in [3.05, 3.63) is 0 Å². The lowest BCUT2D eigenvalue weighted by atomic mass is 9.98. The molecule has 0 aromatic carbocycles. The zero-order valence-electron chi connectivity index (χ0n) is 6.64. The van der Waals surface area contributed by atoms with Gasteiger partial charge in [-0.15, -0.1) is 0 Å². The summed E-state index contributed by atoms with van der Waals surface area (Å²) in [6, 6.07) is 0. The van der Waals surface area contributed by atoms with Crippen molar-refractivity contribution < 1.29 is 10.5 Å². The van der Waals surface area contributed by atoms with E-state index in [0.29, 0.717) is 6.10 Å². The summed E-state index contributed by atoms with van der Waals surface area (Å²) in [4.78, 5) is 0. The van der Waals surface area contributed by atoms with E-state index < -0.39 is 0 Å². The number of rotatable bonds is 3. The first-order chi connectivity index (χ1) is 4.93. The van der Waals surface area contributed by atoms with Crippen LogP contribution >= 0.6 is 0 Å². The van der Waals surface area contributed by atoms with Crippen LogP contribution in [-0.2, 0) is 4.74 Å². The van der Waals surface area contributed by atoms with Crippen LogP contribution in [0.3, 0.4) is 0 Å². The van der Waals surface area contributed by atoms with Gasteiger partial charge in [-0.05, 0) is 12.8 Å². The predicted molar refractivity (Wildman–Crippen MR) is 40.6 cm³/mol. The second kappa shape index (κ2) is 4.69. The monoisotopic (exact) mass is 144 g/mol. The molecule has 1 saturated carbocycles. The van der Waals surface area contributed by atoms with E-state index in [1.807, 2.05) is 0 Å². The van der Waals surface area contributed by atoms with E-state index in [9.17, 15) is 0 Å². The number of hydrogen-bond acceptors (Lipinski definition) is 1. The molecule has 0 atom stereocenters. The molecular formula is C8H18NO+. The van der Waals surface area contributed by atoms with Gasteiger partial charge in [0.25, 0.3) is 0 Å². The Kier molecular flexibility index (Phi) is 3.76. The Labute approximate surface area is 62.7 Å². The number of hydrogen-bond donors (Lipinski definition) is 1. The Balaban J connectivity index is 2.02. The molecule has 0 saturated heterocycles. The van der Waals surface area contributed by atoms with E-state index in [4.69, 9.17) is 4.74 Å². The molecule has 10 heavy (non-hydrogen) atoms. The van der Waals surface area contributed by atoms with Crippen LogP contribution in [0.15, 0.2) is 0 Å². The van der Waals surface area contributed by atoms with E-state index >= 15 is 0 Å². The van der Waals surface area contributed by atoms with Crippen LogP contribution in [0, 0.1) is 0 Å². The summed E-state index contributed by atoms with van der Waals surface area (Å²) in [5.41, 5.74) is 3.75. The molecule has 1 aliphatic carbocycles. The minimum Gasteiger partial charge on any atom is -0.372 e. The zero-order valence-corrected chi connectivity index (χ0v) is 6.64. The molecule has 0 aromatic rings. The summed E-state index contributed by atoms with van der Waals surface area (Å²) in [6.07, 6.45) is 7.25. The summed E-state index contributed by atoms with van der Waals surface area (Å²) < 4.78 is 5.57. The second-order valence-electron chi connectivity index (χ2n) is 2.98. The minimum atomic E-state index is 0.565.